The number of furan rings is 1. The standard InChI is InChI=1S/C38H25N2O4.Pt/c1-21-16-23-14-15-34(39-36(23)29(41)17-21)43-32-20-24(19-31-35(32)28-12-6-7-13-30(28)42-31)38-40-37-27-11-5-4-10-26(27)25-9-3-2-8-22(25)18-33(37)44-38;/h2-17,19,33,37,41H,18H2,1H3;/q-1;/t33-,37-;/m0./s1. The quantitative estimate of drug-likeness (QED) is 0.182. The summed E-state index contributed by atoms with van der Waals surface area (Å²) in [6, 6.07) is 37.4. The molecule has 1 aliphatic heterocycles. The number of pyridine rings is 1. The van der Waals surface area contributed by atoms with Crippen molar-refractivity contribution in [2.75, 3.05) is 0 Å². The van der Waals surface area contributed by atoms with E-state index in [-0.39, 0.29) is 39.0 Å². The number of hydrogen-bond donors (Lipinski definition) is 1. The SMILES string of the molecule is Cc1cc(O)c2nc(Oc3[c-]c(C4=N[C@H]5c6ccccc6-c6ccccc6C[C@@H]5O4)cc4oc5ccccc5c34)ccc2c1.[Pt]. The number of benzene rings is 5. The van der Waals surface area contributed by atoms with Gasteiger partial charge in [0.1, 0.15) is 34.9 Å². The average Bonchev–Trinajstić information content (AvgIpc) is 3.60. The van der Waals surface area contributed by atoms with Crippen molar-refractivity contribution in [3.63, 3.8) is 0 Å². The fourth-order valence-corrected chi connectivity index (χ4v) is 6.63. The van der Waals surface area contributed by atoms with Crippen LogP contribution in [0.5, 0.6) is 17.4 Å². The molecule has 45 heavy (non-hydrogen) atoms. The molecular formula is C38H25N2O4Pt-. The molecule has 0 saturated heterocycles. The van der Waals surface area contributed by atoms with Gasteiger partial charge in [-0.1, -0.05) is 84.4 Å². The molecule has 222 valence electrons. The number of fused-ring (bicyclic) bond motifs is 9. The minimum Gasteiger partial charge on any atom is -0.514 e. The molecule has 6 nitrogen and oxygen atoms in total. The smallest absolute Gasteiger partial charge is 0.217 e. The van der Waals surface area contributed by atoms with Crippen molar-refractivity contribution in [2.45, 2.75) is 25.5 Å². The van der Waals surface area contributed by atoms with Crippen molar-refractivity contribution in [1.82, 2.24) is 4.98 Å². The van der Waals surface area contributed by atoms with Crippen LogP contribution in [0.4, 0.5) is 0 Å². The summed E-state index contributed by atoms with van der Waals surface area (Å²) in [6.07, 6.45) is 0.579. The van der Waals surface area contributed by atoms with Crippen LogP contribution in [0.3, 0.4) is 0 Å². The normalized spacial score (nSPS) is 16.7. The van der Waals surface area contributed by atoms with Gasteiger partial charge in [0.05, 0.1) is 11.3 Å². The zero-order valence-electron chi connectivity index (χ0n) is 24.1. The number of nitrogens with zero attached hydrogens (tertiary/aromatic N) is 2. The van der Waals surface area contributed by atoms with Gasteiger partial charge in [-0.3, -0.25) is 4.99 Å². The molecule has 0 saturated carbocycles. The van der Waals surface area contributed by atoms with Crippen LogP contribution in [0.2, 0.25) is 0 Å². The Bertz CT molecular complexity index is 2330. The summed E-state index contributed by atoms with van der Waals surface area (Å²) in [4.78, 5) is 9.79. The summed E-state index contributed by atoms with van der Waals surface area (Å²) >= 11 is 0. The number of aromatic nitrogens is 1. The van der Waals surface area contributed by atoms with E-state index in [1.54, 1.807) is 12.1 Å². The summed E-state index contributed by atoms with van der Waals surface area (Å²) < 4.78 is 19.4. The molecule has 0 unspecified atom stereocenters. The third-order valence-corrected chi connectivity index (χ3v) is 8.58. The van der Waals surface area contributed by atoms with Crippen LogP contribution in [0.25, 0.3) is 44.0 Å². The summed E-state index contributed by atoms with van der Waals surface area (Å²) in [5.74, 6) is 1.39. The first-order valence-electron chi connectivity index (χ1n) is 14.7. The van der Waals surface area contributed by atoms with E-state index in [0.29, 0.717) is 34.2 Å². The number of aromatic hydroxyl groups is 1. The molecule has 5 aromatic carbocycles. The number of phenols is 1. The second-order valence-electron chi connectivity index (χ2n) is 11.4. The molecule has 0 radical (unpaired) electrons. The van der Waals surface area contributed by atoms with E-state index in [1.165, 1.54) is 16.7 Å². The van der Waals surface area contributed by atoms with E-state index < -0.39 is 0 Å². The summed E-state index contributed by atoms with van der Waals surface area (Å²) in [6.45, 7) is 1.94. The molecule has 9 rings (SSSR count). The number of para-hydroxylation sites is 1. The van der Waals surface area contributed by atoms with Crippen LogP contribution in [-0.4, -0.2) is 22.1 Å². The maximum Gasteiger partial charge on any atom is 0.217 e. The minimum absolute atomic E-state index is 0. The Balaban J connectivity index is 0.00000300. The van der Waals surface area contributed by atoms with Gasteiger partial charge in [-0.2, -0.15) is 0 Å². The van der Waals surface area contributed by atoms with Crippen LogP contribution >= 0.6 is 0 Å². The van der Waals surface area contributed by atoms with Crippen molar-refractivity contribution >= 4 is 38.7 Å². The summed E-state index contributed by atoms with van der Waals surface area (Å²) in [5, 5.41) is 13.1. The van der Waals surface area contributed by atoms with Gasteiger partial charge in [-0.15, -0.1) is 0 Å². The molecule has 0 amide bonds. The first-order valence-corrected chi connectivity index (χ1v) is 14.7. The third-order valence-electron chi connectivity index (χ3n) is 8.58. The number of ether oxygens (including phenoxy) is 2. The maximum absolute atomic E-state index is 10.6. The number of aryl methyl sites for hydroxylation is 1. The molecule has 2 aliphatic rings. The molecule has 1 N–H and O–H groups in total. The van der Waals surface area contributed by atoms with Gasteiger partial charge in [-0.05, 0) is 69.8 Å². The largest absolute Gasteiger partial charge is 0.514 e. The predicted molar refractivity (Wildman–Crippen MR) is 171 cm³/mol. The molecule has 7 heteroatoms. The Morgan fingerprint density at radius 2 is 1.67 bits per heavy atom. The molecule has 0 fully saturated rings. The average molecular weight is 769 g/mol. The molecule has 0 spiro atoms. The van der Waals surface area contributed by atoms with Crippen LogP contribution in [0, 0.1) is 13.0 Å². The van der Waals surface area contributed by atoms with Gasteiger partial charge in [-0.25, -0.2) is 4.98 Å². The van der Waals surface area contributed by atoms with Gasteiger partial charge < -0.3 is 19.0 Å². The van der Waals surface area contributed by atoms with Gasteiger partial charge in [0, 0.05) is 38.9 Å². The van der Waals surface area contributed by atoms with Crippen LogP contribution in [-0.2, 0) is 32.2 Å². The molecular weight excluding hydrogens is 744 g/mol. The minimum atomic E-state index is -0.161. The Hall–Kier alpha value is -4.93. The zero-order chi connectivity index (χ0) is 29.4. The Morgan fingerprint density at radius 1 is 0.867 bits per heavy atom. The van der Waals surface area contributed by atoms with Gasteiger partial charge in [0.25, 0.3) is 0 Å². The molecule has 2 atom stereocenters. The number of hydrogen-bond acceptors (Lipinski definition) is 6. The maximum atomic E-state index is 10.6. The number of phenolic OH excluding ortho intramolecular Hbond substituents is 1. The predicted octanol–water partition coefficient (Wildman–Crippen LogP) is 8.85. The van der Waals surface area contributed by atoms with E-state index in [2.05, 4.69) is 59.6 Å². The Labute approximate surface area is 273 Å². The molecule has 7 aromatic rings. The molecule has 2 aromatic heterocycles. The van der Waals surface area contributed by atoms with E-state index in [1.807, 2.05) is 49.4 Å². The zero-order valence-corrected chi connectivity index (χ0v) is 26.3. The van der Waals surface area contributed by atoms with Crippen molar-refractivity contribution in [1.29, 1.82) is 0 Å². The molecule has 3 heterocycles. The van der Waals surface area contributed by atoms with Crippen LogP contribution < -0.4 is 4.74 Å². The van der Waals surface area contributed by atoms with Gasteiger partial charge >= 0.3 is 0 Å². The Morgan fingerprint density at radius 3 is 2.58 bits per heavy atom. The van der Waals surface area contributed by atoms with Crippen molar-refractivity contribution in [3.8, 4) is 28.5 Å². The monoisotopic (exact) mass is 768 g/mol. The van der Waals surface area contributed by atoms with Crippen molar-refractivity contribution < 1.29 is 40.1 Å². The van der Waals surface area contributed by atoms with Crippen molar-refractivity contribution in [3.05, 3.63) is 131 Å². The fraction of sp³-hybridized carbons (Fsp3) is 0.105. The molecule has 0 bridgehead atoms. The van der Waals surface area contributed by atoms with Crippen molar-refractivity contribution in [2.24, 2.45) is 4.99 Å². The van der Waals surface area contributed by atoms with Crippen LogP contribution in [0.15, 0.2) is 113 Å². The summed E-state index contributed by atoms with van der Waals surface area (Å²) in [7, 11) is 0. The Kier molecular flexibility index (Phi) is 6.51. The third kappa shape index (κ3) is 4.51. The fourth-order valence-electron chi connectivity index (χ4n) is 6.63. The number of aliphatic imine (C=N–C) groups is 1. The summed E-state index contributed by atoms with van der Waals surface area (Å²) in [5.41, 5.74) is 8.25. The topological polar surface area (TPSA) is 77.1 Å². The molecule has 1 aliphatic carbocycles. The second kappa shape index (κ2) is 10.6. The van der Waals surface area contributed by atoms with Crippen LogP contribution in [0.1, 0.15) is 28.3 Å². The van der Waals surface area contributed by atoms with E-state index >= 15 is 0 Å². The second-order valence-corrected chi connectivity index (χ2v) is 11.4. The first-order chi connectivity index (χ1) is 21.6. The number of rotatable bonds is 3. The first kappa shape index (κ1) is 27.6. The van der Waals surface area contributed by atoms with E-state index in [9.17, 15) is 5.11 Å². The van der Waals surface area contributed by atoms with E-state index in [0.717, 1.165) is 39.3 Å². The van der Waals surface area contributed by atoms with Gasteiger partial charge in [0.2, 0.25) is 5.88 Å². The van der Waals surface area contributed by atoms with E-state index in [4.69, 9.17) is 18.9 Å². The van der Waals surface area contributed by atoms with Gasteiger partial charge in [0.15, 0.2) is 0 Å².